The summed E-state index contributed by atoms with van der Waals surface area (Å²) in [6, 6.07) is 10.1. The molecule has 0 radical (unpaired) electrons. The molecule has 0 aliphatic carbocycles. The summed E-state index contributed by atoms with van der Waals surface area (Å²) >= 11 is 0. The molecule has 1 aromatic heterocycles. The van der Waals surface area contributed by atoms with Crippen molar-refractivity contribution in [2.24, 2.45) is 5.73 Å². The van der Waals surface area contributed by atoms with E-state index in [2.05, 4.69) is 14.9 Å². The molecule has 5 heteroatoms. The van der Waals surface area contributed by atoms with E-state index in [4.69, 9.17) is 5.73 Å². The minimum Gasteiger partial charge on any atom is -0.368 e. The molecule has 5 nitrogen and oxygen atoms in total. The summed E-state index contributed by atoms with van der Waals surface area (Å²) in [5.74, 6) is 0.625. The van der Waals surface area contributed by atoms with Crippen molar-refractivity contribution in [1.29, 1.82) is 0 Å². The Balaban J connectivity index is 2.03. The van der Waals surface area contributed by atoms with Gasteiger partial charge in [0.05, 0.1) is 5.54 Å². The number of benzene rings is 1. The van der Waals surface area contributed by atoms with Crippen molar-refractivity contribution >= 4 is 5.91 Å². The normalized spacial score (nSPS) is 13.8. The number of imidazole rings is 1. The summed E-state index contributed by atoms with van der Waals surface area (Å²) in [6.07, 6.45) is 5.29. The number of nitrogens with zero attached hydrogens (tertiary/aromatic N) is 2. The maximum atomic E-state index is 11.5. The first kappa shape index (κ1) is 15.3. The van der Waals surface area contributed by atoms with Gasteiger partial charge in [0.1, 0.15) is 5.82 Å². The summed E-state index contributed by atoms with van der Waals surface area (Å²) < 4.78 is 2.10. The maximum absolute atomic E-state index is 11.5. The Labute approximate surface area is 125 Å². The summed E-state index contributed by atoms with van der Waals surface area (Å²) in [7, 11) is 1.76. The molecule has 2 aromatic rings. The number of aromatic nitrogens is 2. The van der Waals surface area contributed by atoms with Crippen molar-refractivity contribution in [3.05, 3.63) is 42.7 Å². The van der Waals surface area contributed by atoms with E-state index < -0.39 is 5.54 Å². The van der Waals surface area contributed by atoms with Crippen LogP contribution in [0, 0.1) is 0 Å². The highest BCUT2D eigenvalue weighted by Crippen LogP contribution is 2.18. The third-order valence-electron chi connectivity index (χ3n) is 3.92. The summed E-state index contributed by atoms with van der Waals surface area (Å²) in [5.41, 5.74) is 5.87. The smallest absolute Gasteiger partial charge is 0.237 e. The van der Waals surface area contributed by atoms with Crippen molar-refractivity contribution in [2.45, 2.75) is 31.8 Å². The number of carbonyl (C=O) groups is 1. The molecule has 21 heavy (non-hydrogen) atoms. The quantitative estimate of drug-likeness (QED) is 0.815. The van der Waals surface area contributed by atoms with Crippen LogP contribution in [-0.2, 0) is 11.3 Å². The van der Waals surface area contributed by atoms with Gasteiger partial charge in [-0.05, 0) is 26.8 Å². The molecule has 1 atom stereocenters. The number of rotatable bonds is 7. The van der Waals surface area contributed by atoms with E-state index in [1.54, 1.807) is 13.2 Å². The van der Waals surface area contributed by atoms with E-state index >= 15 is 0 Å². The largest absolute Gasteiger partial charge is 0.368 e. The van der Waals surface area contributed by atoms with Crippen molar-refractivity contribution in [2.75, 3.05) is 7.05 Å². The Morgan fingerprint density at radius 2 is 2.10 bits per heavy atom. The van der Waals surface area contributed by atoms with Crippen LogP contribution in [0.15, 0.2) is 42.7 Å². The van der Waals surface area contributed by atoms with E-state index in [0.717, 1.165) is 24.4 Å². The van der Waals surface area contributed by atoms with Crippen molar-refractivity contribution in [3.8, 4) is 11.4 Å². The Morgan fingerprint density at radius 3 is 2.71 bits per heavy atom. The minimum absolute atomic E-state index is 0.320. The molecule has 0 spiro atoms. The van der Waals surface area contributed by atoms with Gasteiger partial charge in [0.2, 0.25) is 5.91 Å². The predicted octanol–water partition coefficient (Wildman–Crippen LogP) is 1.79. The number of nitrogens with one attached hydrogen (secondary N) is 1. The van der Waals surface area contributed by atoms with Gasteiger partial charge in [-0.25, -0.2) is 4.98 Å². The topological polar surface area (TPSA) is 72.9 Å². The lowest BCUT2D eigenvalue weighted by atomic mass is 9.95. The second-order valence-electron chi connectivity index (χ2n) is 5.36. The van der Waals surface area contributed by atoms with Gasteiger partial charge in [-0.2, -0.15) is 0 Å². The van der Waals surface area contributed by atoms with Gasteiger partial charge in [-0.1, -0.05) is 30.3 Å². The Hall–Kier alpha value is -2.14. The van der Waals surface area contributed by atoms with Crippen LogP contribution in [0.5, 0.6) is 0 Å². The minimum atomic E-state index is -0.659. The van der Waals surface area contributed by atoms with E-state index in [9.17, 15) is 4.79 Å². The first-order chi connectivity index (χ1) is 10.1. The van der Waals surface area contributed by atoms with E-state index in [0.29, 0.717) is 6.42 Å². The molecule has 0 fully saturated rings. The fourth-order valence-corrected chi connectivity index (χ4v) is 2.31. The molecule has 0 aliphatic rings. The molecule has 112 valence electrons. The van der Waals surface area contributed by atoms with Gasteiger partial charge < -0.3 is 15.6 Å². The number of hydrogen-bond acceptors (Lipinski definition) is 3. The SMILES string of the molecule is CNC(C)(CCCn1ccnc1-c1ccccc1)C(N)=O. The van der Waals surface area contributed by atoms with Crippen molar-refractivity contribution in [3.63, 3.8) is 0 Å². The zero-order chi connectivity index (χ0) is 15.3. The van der Waals surface area contributed by atoms with E-state index in [1.165, 1.54) is 0 Å². The lowest BCUT2D eigenvalue weighted by Crippen LogP contribution is -2.51. The highest BCUT2D eigenvalue weighted by Gasteiger charge is 2.28. The van der Waals surface area contributed by atoms with Gasteiger partial charge in [0.15, 0.2) is 0 Å². The highest BCUT2D eigenvalue weighted by atomic mass is 16.1. The number of primary amides is 1. The fraction of sp³-hybridized carbons (Fsp3) is 0.375. The lowest BCUT2D eigenvalue weighted by molar-refractivity contribution is -0.123. The van der Waals surface area contributed by atoms with Crippen LogP contribution in [0.2, 0.25) is 0 Å². The molecule has 0 saturated carbocycles. The number of nitrogens with two attached hydrogens (primary N) is 1. The van der Waals surface area contributed by atoms with Crippen LogP contribution >= 0.6 is 0 Å². The van der Waals surface area contributed by atoms with Crippen molar-refractivity contribution in [1.82, 2.24) is 14.9 Å². The molecular weight excluding hydrogens is 264 g/mol. The second-order valence-corrected chi connectivity index (χ2v) is 5.36. The van der Waals surface area contributed by atoms with E-state index in [-0.39, 0.29) is 5.91 Å². The fourth-order valence-electron chi connectivity index (χ4n) is 2.31. The summed E-state index contributed by atoms with van der Waals surface area (Å²) in [4.78, 5) is 15.9. The highest BCUT2D eigenvalue weighted by molar-refractivity contribution is 5.84. The molecule has 3 N–H and O–H groups in total. The molecule has 2 rings (SSSR count). The standard InChI is InChI=1S/C16H22N4O/c1-16(18-2,15(17)21)9-6-11-20-12-10-19-14(20)13-7-4-3-5-8-13/h3-5,7-8,10,12,18H,6,9,11H2,1-2H3,(H2,17,21). The number of hydrogen-bond donors (Lipinski definition) is 2. The summed E-state index contributed by atoms with van der Waals surface area (Å²) in [5, 5.41) is 3.00. The van der Waals surface area contributed by atoms with Crippen molar-refractivity contribution < 1.29 is 4.79 Å². The number of carbonyl (C=O) groups excluding carboxylic acids is 1. The van der Waals surface area contributed by atoms with Crippen LogP contribution in [0.4, 0.5) is 0 Å². The Morgan fingerprint density at radius 1 is 1.38 bits per heavy atom. The van der Waals surface area contributed by atoms with E-state index in [1.807, 2.05) is 43.5 Å². The first-order valence-corrected chi connectivity index (χ1v) is 7.12. The van der Waals surface area contributed by atoms with Crippen LogP contribution in [-0.4, -0.2) is 28.0 Å². The van der Waals surface area contributed by atoms with Crippen LogP contribution in [0.3, 0.4) is 0 Å². The molecule has 1 heterocycles. The van der Waals surface area contributed by atoms with Gasteiger partial charge in [0, 0.05) is 24.5 Å². The average Bonchev–Trinajstić information content (AvgIpc) is 2.96. The number of likely N-dealkylation sites (N-methyl/N-ethyl adjacent to an activating group) is 1. The molecule has 1 amide bonds. The van der Waals surface area contributed by atoms with Crippen LogP contribution in [0.1, 0.15) is 19.8 Å². The lowest BCUT2D eigenvalue weighted by Gasteiger charge is -2.25. The second kappa shape index (κ2) is 6.54. The molecule has 1 unspecified atom stereocenters. The number of aryl methyl sites for hydroxylation is 1. The third kappa shape index (κ3) is 3.49. The zero-order valence-electron chi connectivity index (χ0n) is 12.5. The molecule has 0 saturated heterocycles. The van der Waals surface area contributed by atoms with Gasteiger partial charge in [-0.15, -0.1) is 0 Å². The maximum Gasteiger partial charge on any atom is 0.237 e. The van der Waals surface area contributed by atoms with Gasteiger partial charge in [-0.3, -0.25) is 4.79 Å². The molecule has 1 aromatic carbocycles. The van der Waals surface area contributed by atoms with Crippen LogP contribution < -0.4 is 11.1 Å². The zero-order valence-corrected chi connectivity index (χ0v) is 12.5. The molecule has 0 bridgehead atoms. The van der Waals surface area contributed by atoms with Gasteiger partial charge in [0.25, 0.3) is 0 Å². The average molecular weight is 286 g/mol. The molecule has 0 aliphatic heterocycles. The van der Waals surface area contributed by atoms with Gasteiger partial charge >= 0.3 is 0 Å². The predicted molar refractivity (Wildman–Crippen MR) is 83.6 cm³/mol. The third-order valence-corrected chi connectivity index (χ3v) is 3.92. The molecular formula is C16H22N4O. The number of amides is 1. The monoisotopic (exact) mass is 286 g/mol. The Bertz CT molecular complexity index is 593. The first-order valence-electron chi connectivity index (χ1n) is 7.12. The Kier molecular flexibility index (Phi) is 4.75. The van der Waals surface area contributed by atoms with Crippen LogP contribution in [0.25, 0.3) is 11.4 Å². The summed E-state index contributed by atoms with van der Waals surface area (Å²) in [6.45, 7) is 2.64.